The minimum Gasteiger partial charge on any atom is -0.481 e. The first-order chi connectivity index (χ1) is 8.15. The van der Waals surface area contributed by atoms with Crippen molar-refractivity contribution in [2.75, 3.05) is 18.0 Å². The Kier molecular flexibility index (Phi) is 4.05. The number of nitrogens with zero attached hydrogens (tertiary/aromatic N) is 1. The lowest BCUT2D eigenvalue weighted by molar-refractivity contribution is -0.137. The normalized spacial score (nSPS) is 19.6. The van der Waals surface area contributed by atoms with Crippen LogP contribution in [-0.4, -0.2) is 24.2 Å². The molecule has 1 atom stereocenters. The molecule has 1 fully saturated rings. The number of benzene rings is 1. The molecule has 92 valence electrons. The molecule has 0 aromatic heterocycles. The van der Waals surface area contributed by atoms with Crippen molar-refractivity contribution in [2.24, 2.45) is 5.92 Å². The van der Waals surface area contributed by atoms with Gasteiger partial charge in [-0.05, 0) is 37.0 Å². The Bertz CT molecular complexity index is 408. The average molecular weight is 298 g/mol. The topological polar surface area (TPSA) is 40.5 Å². The Balaban J connectivity index is 1.91. The van der Waals surface area contributed by atoms with Gasteiger partial charge in [0.05, 0.1) is 0 Å². The summed E-state index contributed by atoms with van der Waals surface area (Å²) in [6.07, 6.45) is 2.18. The second kappa shape index (κ2) is 5.54. The molecule has 1 aliphatic heterocycles. The molecule has 1 aromatic carbocycles. The zero-order chi connectivity index (χ0) is 12.3. The predicted molar refractivity (Wildman–Crippen MR) is 71.3 cm³/mol. The lowest BCUT2D eigenvalue weighted by Crippen LogP contribution is -2.19. The lowest BCUT2D eigenvalue weighted by Gasteiger charge is -2.18. The fourth-order valence-electron chi connectivity index (χ4n) is 2.30. The number of hydrogen-bond acceptors (Lipinski definition) is 2. The van der Waals surface area contributed by atoms with Crippen molar-refractivity contribution < 1.29 is 9.90 Å². The van der Waals surface area contributed by atoms with E-state index in [4.69, 9.17) is 5.11 Å². The number of halogens is 1. The van der Waals surface area contributed by atoms with E-state index < -0.39 is 5.97 Å². The van der Waals surface area contributed by atoms with E-state index in [-0.39, 0.29) is 6.42 Å². The minimum absolute atomic E-state index is 0.289. The van der Waals surface area contributed by atoms with Gasteiger partial charge in [-0.15, -0.1) is 0 Å². The molecule has 4 heteroatoms. The van der Waals surface area contributed by atoms with Gasteiger partial charge in [0.15, 0.2) is 0 Å². The first-order valence-electron chi connectivity index (χ1n) is 5.87. The second-order valence-corrected chi connectivity index (χ2v) is 5.43. The maximum Gasteiger partial charge on any atom is 0.303 e. The maximum absolute atomic E-state index is 10.5. The Hall–Kier alpha value is -1.03. The number of hydrogen-bond donors (Lipinski definition) is 1. The third-order valence-electron chi connectivity index (χ3n) is 3.23. The van der Waals surface area contributed by atoms with Crippen LogP contribution in [0.4, 0.5) is 5.69 Å². The molecule has 0 bridgehead atoms. The highest BCUT2D eigenvalue weighted by molar-refractivity contribution is 9.10. The van der Waals surface area contributed by atoms with Crippen LogP contribution in [-0.2, 0) is 4.79 Å². The van der Waals surface area contributed by atoms with Crippen LogP contribution in [0, 0.1) is 5.92 Å². The summed E-state index contributed by atoms with van der Waals surface area (Å²) in [7, 11) is 0. The third kappa shape index (κ3) is 3.46. The van der Waals surface area contributed by atoms with Gasteiger partial charge in [0.25, 0.3) is 0 Å². The Labute approximate surface area is 110 Å². The molecule has 1 unspecified atom stereocenters. The highest BCUT2D eigenvalue weighted by atomic mass is 79.9. The van der Waals surface area contributed by atoms with E-state index >= 15 is 0 Å². The van der Waals surface area contributed by atoms with E-state index in [1.165, 1.54) is 5.69 Å². The summed E-state index contributed by atoms with van der Waals surface area (Å²) >= 11 is 3.47. The fourth-order valence-corrected chi connectivity index (χ4v) is 2.69. The average Bonchev–Trinajstić information content (AvgIpc) is 2.75. The van der Waals surface area contributed by atoms with Crippen LogP contribution >= 0.6 is 15.9 Å². The number of carboxylic acid groups (broad SMARTS) is 1. The number of carbonyl (C=O) groups is 1. The zero-order valence-corrected chi connectivity index (χ0v) is 11.2. The monoisotopic (exact) mass is 297 g/mol. The molecule has 0 spiro atoms. The Morgan fingerprint density at radius 2 is 2.35 bits per heavy atom. The number of anilines is 1. The van der Waals surface area contributed by atoms with Gasteiger partial charge < -0.3 is 10.0 Å². The van der Waals surface area contributed by atoms with Gasteiger partial charge in [-0.2, -0.15) is 0 Å². The number of carboxylic acids is 1. The molecule has 0 radical (unpaired) electrons. The van der Waals surface area contributed by atoms with E-state index in [1.54, 1.807) is 0 Å². The first kappa shape index (κ1) is 12.4. The molecule has 1 saturated heterocycles. The van der Waals surface area contributed by atoms with Gasteiger partial charge in [0.1, 0.15) is 0 Å². The molecule has 0 aliphatic carbocycles. The van der Waals surface area contributed by atoms with Crippen LogP contribution < -0.4 is 4.90 Å². The van der Waals surface area contributed by atoms with Gasteiger partial charge in [-0.25, -0.2) is 0 Å². The van der Waals surface area contributed by atoms with Crippen LogP contribution in [0.1, 0.15) is 19.3 Å². The summed E-state index contributed by atoms with van der Waals surface area (Å²) in [4.78, 5) is 12.9. The number of aliphatic carboxylic acids is 1. The summed E-state index contributed by atoms with van der Waals surface area (Å²) < 4.78 is 1.09. The van der Waals surface area contributed by atoms with Crippen LogP contribution in [0.2, 0.25) is 0 Å². The van der Waals surface area contributed by atoms with Crippen molar-refractivity contribution in [3.63, 3.8) is 0 Å². The molecule has 1 aliphatic rings. The molecule has 3 nitrogen and oxygen atoms in total. The van der Waals surface area contributed by atoms with E-state index in [9.17, 15) is 4.79 Å². The summed E-state index contributed by atoms with van der Waals surface area (Å²) in [5.41, 5.74) is 1.22. The predicted octanol–water partition coefficient (Wildman–Crippen LogP) is 3.14. The van der Waals surface area contributed by atoms with Gasteiger partial charge in [-0.1, -0.05) is 22.0 Å². The molecular formula is C13H16BrNO2. The Morgan fingerprint density at radius 1 is 1.53 bits per heavy atom. The van der Waals surface area contributed by atoms with E-state index in [0.29, 0.717) is 5.92 Å². The largest absolute Gasteiger partial charge is 0.481 e. The fraction of sp³-hybridized carbons (Fsp3) is 0.462. The molecule has 2 rings (SSSR count). The zero-order valence-electron chi connectivity index (χ0n) is 9.60. The van der Waals surface area contributed by atoms with Crippen molar-refractivity contribution in [1.29, 1.82) is 0 Å². The number of rotatable bonds is 4. The van der Waals surface area contributed by atoms with E-state index in [2.05, 4.69) is 33.0 Å². The van der Waals surface area contributed by atoms with Crippen LogP contribution in [0.15, 0.2) is 28.7 Å². The summed E-state index contributed by atoms with van der Waals surface area (Å²) in [5.74, 6) is -0.170. The molecule has 1 aromatic rings. The van der Waals surface area contributed by atoms with Crippen molar-refractivity contribution >= 4 is 27.6 Å². The minimum atomic E-state index is -0.689. The van der Waals surface area contributed by atoms with Crippen molar-refractivity contribution in [2.45, 2.75) is 19.3 Å². The second-order valence-electron chi connectivity index (χ2n) is 4.51. The maximum atomic E-state index is 10.5. The van der Waals surface area contributed by atoms with Crippen LogP contribution in [0.25, 0.3) is 0 Å². The molecule has 0 amide bonds. The Morgan fingerprint density at radius 3 is 3.06 bits per heavy atom. The van der Waals surface area contributed by atoms with Gasteiger partial charge in [-0.3, -0.25) is 4.79 Å². The third-order valence-corrected chi connectivity index (χ3v) is 3.72. The summed E-state index contributed by atoms with van der Waals surface area (Å²) in [5, 5.41) is 8.67. The van der Waals surface area contributed by atoms with Crippen molar-refractivity contribution in [3.05, 3.63) is 28.7 Å². The summed E-state index contributed by atoms with van der Waals surface area (Å²) in [6, 6.07) is 8.26. The molecule has 17 heavy (non-hydrogen) atoms. The molecular weight excluding hydrogens is 282 g/mol. The first-order valence-corrected chi connectivity index (χ1v) is 6.67. The van der Waals surface area contributed by atoms with Gasteiger partial charge >= 0.3 is 5.97 Å². The molecule has 0 saturated carbocycles. The quantitative estimate of drug-likeness (QED) is 0.928. The van der Waals surface area contributed by atoms with Crippen molar-refractivity contribution in [3.8, 4) is 0 Å². The van der Waals surface area contributed by atoms with Gasteiger partial charge in [0.2, 0.25) is 0 Å². The van der Waals surface area contributed by atoms with Crippen LogP contribution in [0.3, 0.4) is 0 Å². The van der Waals surface area contributed by atoms with Crippen LogP contribution in [0.5, 0.6) is 0 Å². The SMILES string of the molecule is O=C(O)CCC1CCN(c2cccc(Br)c2)C1. The highest BCUT2D eigenvalue weighted by Crippen LogP contribution is 2.28. The summed E-state index contributed by atoms with van der Waals surface area (Å²) in [6.45, 7) is 2.00. The van der Waals surface area contributed by atoms with Gasteiger partial charge in [0, 0.05) is 29.7 Å². The van der Waals surface area contributed by atoms with Crippen molar-refractivity contribution in [1.82, 2.24) is 0 Å². The highest BCUT2D eigenvalue weighted by Gasteiger charge is 2.23. The standard InChI is InChI=1S/C13H16BrNO2/c14-11-2-1-3-12(8-11)15-7-6-10(9-15)4-5-13(16)17/h1-3,8,10H,4-7,9H2,(H,16,17). The lowest BCUT2D eigenvalue weighted by atomic mass is 10.0. The van der Waals surface area contributed by atoms with E-state index in [0.717, 1.165) is 30.4 Å². The molecule has 1 heterocycles. The van der Waals surface area contributed by atoms with E-state index in [1.807, 2.05) is 12.1 Å². The molecule has 1 N–H and O–H groups in total. The smallest absolute Gasteiger partial charge is 0.303 e.